The molecule has 1 aliphatic rings. The van der Waals surface area contributed by atoms with Crippen LogP contribution in [0.1, 0.15) is 64.7 Å². The standard InChI is InChI=1S/C16H29NO/c1-3-5-6-7-8-9-15(18)16(10-4-2)11-13-17-14-12-16/h3,17H,1,4-14H2,2H3. The van der Waals surface area contributed by atoms with E-state index in [4.69, 9.17) is 0 Å². The summed E-state index contributed by atoms with van der Waals surface area (Å²) in [6.45, 7) is 7.96. The second-order valence-corrected chi connectivity index (χ2v) is 5.59. The van der Waals surface area contributed by atoms with Gasteiger partial charge in [0.1, 0.15) is 5.78 Å². The summed E-state index contributed by atoms with van der Waals surface area (Å²) in [5, 5.41) is 3.37. The number of carbonyl (C=O) groups excluding carboxylic acids is 1. The molecule has 0 aromatic heterocycles. The first kappa shape index (κ1) is 15.4. The molecule has 0 unspecified atom stereocenters. The van der Waals surface area contributed by atoms with E-state index in [0.717, 1.165) is 64.5 Å². The van der Waals surface area contributed by atoms with Crippen molar-refractivity contribution in [2.24, 2.45) is 5.41 Å². The molecule has 1 rings (SSSR count). The molecule has 1 heterocycles. The Morgan fingerprint density at radius 1 is 1.28 bits per heavy atom. The van der Waals surface area contributed by atoms with Crippen LogP contribution in [0.2, 0.25) is 0 Å². The van der Waals surface area contributed by atoms with Crippen LogP contribution in [0.3, 0.4) is 0 Å². The van der Waals surface area contributed by atoms with Gasteiger partial charge in [0, 0.05) is 11.8 Å². The average Bonchev–Trinajstić information content (AvgIpc) is 2.39. The number of rotatable bonds is 9. The first-order valence-electron chi connectivity index (χ1n) is 7.60. The fourth-order valence-corrected chi connectivity index (χ4v) is 3.07. The molecule has 0 aliphatic carbocycles. The maximum absolute atomic E-state index is 12.5. The Balaban J connectivity index is 2.37. The van der Waals surface area contributed by atoms with Gasteiger partial charge in [-0.2, -0.15) is 0 Å². The largest absolute Gasteiger partial charge is 0.317 e. The summed E-state index contributed by atoms with van der Waals surface area (Å²) in [7, 11) is 0. The Kier molecular flexibility index (Phi) is 7.26. The molecule has 0 saturated carbocycles. The van der Waals surface area contributed by atoms with Crippen LogP contribution >= 0.6 is 0 Å². The van der Waals surface area contributed by atoms with Crippen molar-refractivity contribution in [2.45, 2.75) is 64.7 Å². The average molecular weight is 251 g/mol. The SMILES string of the molecule is C=CCCCCCC(=O)C1(CCC)CCNCC1. The molecule has 0 atom stereocenters. The zero-order valence-corrected chi connectivity index (χ0v) is 12.0. The van der Waals surface area contributed by atoms with Crippen LogP contribution in [0.5, 0.6) is 0 Å². The van der Waals surface area contributed by atoms with E-state index in [1.54, 1.807) is 0 Å². The first-order chi connectivity index (χ1) is 8.75. The highest BCUT2D eigenvalue weighted by Gasteiger charge is 2.37. The van der Waals surface area contributed by atoms with Crippen molar-refractivity contribution in [3.05, 3.63) is 12.7 Å². The molecule has 18 heavy (non-hydrogen) atoms. The summed E-state index contributed by atoms with van der Waals surface area (Å²) in [4.78, 5) is 12.5. The lowest BCUT2D eigenvalue weighted by atomic mass is 9.71. The molecular formula is C16H29NO. The summed E-state index contributed by atoms with van der Waals surface area (Å²) in [5.74, 6) is 0.532. The number of unbranched alkanes of at least 4 members (excludes halogenated alkanes) is 3. The van der Waals surface area contributed by atoms with Gasteiger partial charge in [-0.05, 0) is 51.6 Å². The highest BCUT2D eigenvalue weighted by molar-refractivity contribution is 5.84. The van der Waals surface area contributed by atoms with Crippen LogP contribution in [0.15, 0.2) is 12.7 Å². The summed E-state index contributed by atoms with van der Waals surface area (Å²) in [6, 6.07) is 0. The van der Waals surface area contributed by atoms with Gasteiger partial charge < -0.3 is 5.32 Å². The van der Waals surface area contributed by atoms with E-state index in [1.165, 1.54) is 6.42 Å². The molecule has 1 aliphatic heterocycles. The molecule has 2 nitrogen and oxygen atoms in total. The lowest BCUT2D eigenvalue weighted by molar-refractivity contribution is -0.131. The number of piperidine rings is 1. The summed E-state index contributed by atoms with van der Waals surface area (Å²) < 4.78 is 0. The molecular weight excluding hydrogens is 222 g/mol. The Morgan fingerprint density at radius 2 is 2.00 bits per heavy atom. The normalized spacial score (nSPS) is 18.5. The van der Waals surface area contributed by atoms with Crippen LogP contribution < -0.4 is 5.32 Å². The highest BCUT2D eigenvalue weighted by Crippen LogP contribution is 2.36. The monoisotopic (exact) mass is 251 g/mol. The Bertz CT molecular complexity index is 248. The number of hydrogen-bond donors (Lipinski definition) is 1. The maximum atomic E-state index is 12.5. The Hall–Kier alpha value is -0.630. The van der Waals surface area contributed by atoms with Gasteiger partial charge in [0.2, 0.25) is 0 Å². The quantitative estimate of drug-likeness (QED) is 0.498. The van der Waals surface area contributed by atoms with Crippen LogP contribution in [0.25, 0.3) is 0 Å². The predicted octanol–water partition coefficient (Wildman–Crippen LogP) is 3.86. The first-order valence-corrected chi connectivity index (χ1v) is 7.60. The van der Waals surface area contributed by atoms with Crippen molar-refractivity contribution < 1.29 is 4.79 Å². The summed E-state index contributed by atoms with van der Waals surface area (Å²) >= 11 is 0. The minimum Gasteiger partial charge on any atom is -0.317 e. The van der Waals surface area contributed by atoms with Crippen molar-refractivity contribution >= 4 is 5.78 Å². The van der Waals surface area contributed by atoms with Crippen molar-refractivity contribution in [3.63, 3.8) is 0 Å². The van der Waals surface area contributed by atoms with E-state index in [1.807, 2.05) is 6.08 Å². The van der Waals surface area contributed by atoms with Gasteiger partial charge in [-0.25, -0.2) is 0 Å². The van der Waals surface area contributed by atoms with Gasteiger partial charge in [-0.15, -0.1) is 6.58 Å². The number of allylic oxidation sites excluding steroid dienone is 1. The molecule has 104 valence electrons. The molecule has 1 N–H and O–H groups in total. The van der Waals surface area contributed by atoms with Crippen LogP contribution in [0, 0.1) is 5.41 Å². The molecule has 0 bridgehead atoms. The smallest absolute Gasteiger partial charge is 0.139 e. The molecule has 0 radical (unpaired) electrons. The highest BCUT2D eigenvalue weighted by atomic mass is 16.1. The van der Waals surface area contributed by atoms with E-state index in [9.17, 15) is 4.79 Å². The van der Waals surface area contributed by atoms with Crippen molar-refractivity contribution in [2.75, 3.05) is 13.1 Å². The van der Waals surface area contributed by atoms with E-state index in [-0.39, 0.29) is 5.41 Å². The van der Waals surface area contributed by atoms with E-state index in [0.29, 0.717) is 5.78 Å². The Labute approximate surface area is 112 Å². The Morgan fingerprint density at radius 3 is 2.61 bits per heavy atom. The topological polar surface area (TPSA) is 29.1 Å². The lowest BCUT2D eigenvalue weighted by Gasteiger charge is -2.36. The second kappa shape index (κ2) is 8.47. The zero-order chi connectivity index (χ0) is 13.3. The fourth-order valence-electron chi connectivity index (χ4n) is 3.07. The van der Waals surface area contributed by atoms with Gasteiger partial charge in [0.25, 0.3) is 0 Å². The summed E-state index contributed by atoms with van der Waals surface area (Å²) in [5.41, 5.74) is 0.0123. The third kappa shape index (κ3) is 4.56. The van der Waals surface area contributed by atoms with E-state index < -0.39 is 0 Å². The molecule has 0 aromatic rings. The van der Waals surface area contributed by atoms with Gasteiger partial charge in [-0.3, -0.25) is 4.79 Å². The van der Waals surface area contributed by atoms with Gasteiger partial charge in [0.15, 0.2) is 0 Å². The van der Waals surface area contributed by atoms with Gasteiger partial charge >= 0.3 is 0 Å². The van der Waals surface area contributed by atoms with Gasteiger partial charge in [-0.1, -0.05) is 25.8 Å². The molecule has 0 aromatic carbocycles. The van der Waals surface area contributed by atoms with Crippen molar-refractivity contribution in [1.82, 2.24) is 5.32 Å². The van der Waals surface area contributed by atoms with E-state index in [2.05, 4.69) is 18.8 Å². The van der Waals surface area contributed by atoms with Gasteiger partial charge in [0.05, 0.1) is 0 Å². The number of hydrogen-bond acceptors (Lipinski definition) is 2. The number of ketones is 1. The maximum Gasteiger partial charge on any atom is 0.139 e. The lowest BCUT2D eigenvalue weighted by Crippen LogP contribution is -2.42. The molecule has 0 amide bonds. The third-order valence-electron chi connectivity index (χ3n) is 4.19. The predicted molar refractivity (Wildman–Crippen MR) is 77.7 cm³/mol. The zero-order valence-electron chi connectivity index (χ0n) is 12.0. The summed E-state index contributed by atoms with van der Waals surface area (Å²) in [6.07, 6.45) is 11.5. The minimum atomic E-state index is 0.0123. The number of Topliss-reactive ketones (excluding diaryl/α,β-unsaturated/α-hetero) is 1. The molecule has 2 heteroatoms. The van der Waals surface area contributed by atoms with Crippen LogP contribution in [0.4, 0.5) is 0 Å². The molecule has 1 saturated heterocycles. The molecule has 0 spiro atoms. The second-order valence-electron chi connectivity index (χ2n) is 5.59. The fraction of sp³-hybridized carbons (Fsp3) is 0.812. The van der Waals surface area contributed by atoms with Crippen molar-refractivity contribution in [1.29, 1.82) is 0 Å². The minimum absolute atomic E-state index is 0.0123. The number of carbonyl (C=O) groups is 1. The van der Waals surface area contributed by atoms with E-state index >= 15 is 0 Å². The third-order valence-corrected chi connectivity index (χ3v) is 4.19. The van der Waals surface area contributed by atoms with Crippen LogP contribution in [-0.4, -0.2) is 18.9 Å². The number of nitrogens with one attached hydrogen (secondary N) is 1. The van der Waals surface area contributed by atoms with Crippen molar-refractivity contribution in [3.8, 4) is 0 Å². The molecule has 1 fully saturated rings. The van der Waals surface area contributed by atoms with Crippen LogP contribution in [-0.2, 0) is 4.79 Å².